The zero-order chi connectivity index (χ0) is 13.8. The van der Waals surface area contributed by atoms with Crippen molar-refractivity contribution in [3.8, 4) is 0 Å². The number of aromatic carboxylic acids is 1. The van der Waals surface area contributed by atoms with E-state index in [0.717, 1.165) is 10.0 Å². The minimum atomic E-state index is -1.02. The molecule has 98 valence electrons. The summed E-state index contributed by atoms with van der Waals surface area (Å²) in [5, 5.41) is 8.94. The normalized spacial score (nSPS) is 10.2. The molecule has 0 unspecified atom stereocenters. The maximum Gasteiger partial charge on any atom is 0.354 e. The fourth-order valence-corrected chi connectivity index (χ4v) is 2.13. The Morgan fingerprint density at radius 2 is 2.00 bits per heavy atom. The fraction of sp³-hybridized carbons (Fsp3) is 0.143. The zero-order valence-corrected chi connectivity index (χ0v) is 12.0. The number of aromatic nitrogens is 1. The Hall–Kier alpha value is -1.88. The number of carbonyl (C=O) groups is 1. The fourth-order valence-electron chi connectivity index (χ4n) is 1.72. The van der Waals surface area contributed by atoms with Crippen LogP contribution in [0.5, 0.6) is 0 Å². The Morgan fingerprint density at radius 1 is 1.26 bits per heavy atom. The summed E-state index contributed by atoms with van der Waals surface area (Å²) in [4.78, 5) is 16.9. The molecule has 0 saturated carbocycles. The largest absolute Gasteiger partial charge is 0.477 e. The maximum absolute atomic E-state index is 10.9. The minimum Gasteiger partial charge on any atom is -0.477 e. The van der Waals surface area contributed by atoms with E-state index in [1.165, 1.54) is 6.07 Å². The van der Waals surface area contributed by atoms with E-state index in [9.17, 15) is 4.79 Å². The summed E-state index contributed by atoms with van der Waals surface area (Å²) in [7, 11) is 1.88. The van der Waals surface area contributed by atoms with Crippen molar-refractivity contribution in [3.05, 3.63) is 58.2 Å². The molecule has 0 amide bonds. The van der Waals surface area contributed by atoms with Gasteiger partial charge in [0.05, 0.1) is 0 Å². The SMILES string of the molecule is CN(Cc1ccccc1Br)c1cccc(C(=O)O)n1. The van der Waals surface area contributed by atoms with Crippen molar-refractivity contribution in [1.82, 2.24) is 4.98 Å². The van der Waals surface area contributed by atoms with Gasteiger partial charge in [-0.3, -0.25) is 0 Å². The summed E-state index contributed by atoms with van der Waals surface area (Å²) < 4.78 is 1.02. The first-order chi connectivity index (χ1) is 9.08. The molecule has 0 bridgehead atoms. The van der Waals surface area contributed by atoms with E-state index in [2.05, 4.69) is 20.9 Å². The van der Waals surface area contributed by atoms with Crippen molar-refractivity contribution in [2.24, 2.45) is 0 Å². The Balaban J connectivity index is 2.20. The highest BCUT2D eigenvalue weighted by Crippen LogP contribution is 2.20. The smallest absolute Gasteiger partial charge is 0.354 e. The molecule has 0 saturated heterocycles. The Kier molecular flexibility index (Phi) is 4.16. The number of benzene rings is 1. The second kappa shape index (κ2) is 5.84. The molecule has 1 aromatic carbocycles. The molecule has 5 heteroatoms. The summed E-state index contributed by atoms with van der Waals surface area (Å²) >= 11 is 3.49. The van der Waals surface area contributed by atoms with Crippen LogP contribution < -0.4 is 4.90 Å². The van der Waals surface area contributed by atoms with Gasteiger partial charge in [-0.2, -0.15) is 0 Å². The molecule has 0 atom stereocenters. The van der Waals surface area contributed by atoms with E-state index in [-0.39, 0.29) is 5.69 Å². The van der Waals surface area contributed by atoms with Gasteiger partial charge in [0.15, 0.2) is 5.69 Å². The van der Waals surface area contributed by atoms with E-state index in [4.69, 9.17) is 5.11 Å². The van der Waals surface area contributed by atoms with Crippen LogP contribution in [0.15, 0.2) is 46.9 Å². The zero-order valence-electron chi connectivity index (χ0n) is 10.4. The molecule has 1 N–H and O–H groups in total. The van der Waals surface area contributed by atoms with Crippen LogP contribution in [0.4, 0.5) is 5.82 Å². The predicted octanol–water partition coefficient (Wildman–Crippen LogP) is 3.18. The first-order valence-electron chi connectivity index (χ1n) is 5.73. The van der Waals surface area contributed by atoms with Gasteiger partial charge >= 0.3 is 5.97 Å². The molecule has 0 aliphatic carbocycles. The standard InChI is InChI=1S/C14H13BrN2O2/c1-17(9-10-5-2-3-6-11(10)15)13-8-4-7-12(16-13)14(18)19/h2-8H,9H2,1H3,(H,18,19). The number of nitrogens with zero attached hydrogens (tertiary/aromatic N) is 2. The van der Waals surface area contributed by atoms with E-state index in [1.807, 2.05) is 36.2 Å². The van der Waals surface area contributed by atoms with Crippen molar-refractivity contribution in [3.63, 3.8) is 0 Å². The molecule has 0 spiro atoms. The third-order valence-electron chi connectivity index (χ3n) is 2.71. The lowest BCUT2D eigenvalue weighted by atomic mass is 10.2. The van der Waals surface area contributed by atoms with Gasteiger partial charge in [0.2, 0.25) is 0 Å². The highest BCUT2D eigenvalue weighted by atomic mass is 79.9. The quantitative estimate of drug-likeness (QED) is 0.940. The van der Waals surface area contributed by atoms with Gasteiger partial charge in [-0.15, -0.1) is 0 Å². The highest BCUT2D eigenvalue weighted by molar-refractivity contribution is 9.10. The molecule has 0 radical (unpaired) electrons. The summed E-state index contributed by atoms with van der Waals surface area (Å²) in [6, 6.07) is 12.9. The van der Waals surface area contributed by atoms with Gasteiger partial charge in [-0.05, 0) is 23.8 Å². The second-order valence-electron chi connectivity index (χ2n) is 4.13. The monoisotopic (exact) mass is 320 g/mol. The average Bonchev–Trinajstić information content (AvgIpc) is 2.41. The average molecular weight is 321 g/mol. The van der Waals surface area contributed by atoms with Crippen LogP contribution in [0.25, 0.3) is 0 Å². The van der Waals surface area contributed by atoms with Crippen molar-refractivity contribution < 1.29 is 9.90 Å². The number of carboxylic acids is 1. The topological polar surface area (TPSA) is 53.4 Å². The highest BCUT2D eigenvalue weighted by Gasteiger charge is 2.09. The molecule has 0 aliphatic rings. The van der Waals surface area contributed by atoms with Crippen LogP contribution >= 0.6 is 15.9 Å². The number of rotatable bonds is 4. The van der Waals surface area contributed by atoms with Crippen LogP contribution in [0.3, 0.4) is 0 Å². The molecule has 19 heavy (non-hydrogen) atoms. The van der Waals surface area contributed by atoms with Gasteiger partial charge in [0.1, 0.15) is 5.82 Å². The molecule has 1 heterocycles. The number of anilines is 1. The van der Waals surface area contributed by atoms with Gasteiger partial charge in [0, 0.05) is 18.1 Å². The van der Waals surface area contributed by atoms with Crippen LogP contribution in [-0.2, 0) is 6.54 Å². The Labute approximate surface area is 119 Å². The maximum atomic E-state index is 10.9. The predicted molar refractivity (Wildman–Crippen MR) is 77.4 cm³/mol. The van der Waals surface area contributed by atoms with Crippen molar-refractivity contribution in [2.45, 2.75) is 6.54 Å². The Bertz CT molecular complexity index is 602. The lowest BCUT2D eigenvalue weighted by Crippen LogP contribution is -2.19. The minimum absolute atomic E-state index is 0.0523. The molecule has 2 rings (SSSR count). The first kappa shape index (κ1) is 13.5. The summed E-state index contributed by atoms with van der Waals surface area (Å²) in [6.07, 6.45) is 0. The number of halogens is 1. The van der Waals surface area contributed by atoms with E-state index in [1.54, 1.807) is 12.1 Å². The van der Waals surface area contributed by atoms with E-state index >= 15 is 0 Å². The molecule has 4 nitrogen and oxygen atoms in total. The van der Waals surface area contributed by atoms with Crippen LogP contribution in [0.1, 0.15) is 16.1 Å². The molecule has 0 fully saturated rings. The van der Waals surface area contributed by atoms with E-state index < -0.39 is 5.97 Å². The van der Waals surface area contributed by atoms with Crippen molar-refractivity contribution >= 4 is 27.7 Å². The first-order valence-corrected chi connectivity index (χ1v) is 6.52. The van der Waals surface area contributed by atoms with Crippen LogP contribution in [0, 0.1) is 0 Å². The van der Waals surface area contributed by atoms with Crippen LogP contribution in [0.2, 0.25) is 0 Å². The Morgan fingerprint density at radius 3 is 2.68 bits per heavy atom. The lowest BCUT2D eigenvalue weighted by molar-refractivity contribution is 0.0690. The molecular formula is C14H13BrN2O2. The van der Waals surface area contributed by atoms with Gasteiger partial charge in [-0.1, -0.05) is 40.2 Å². The van der Waals surface area contributed by atoms with Crippen LogP contribution in [-0.4, -0.2) is 23.1 Å². The van der Waals surface area contributed by atoms with Gasteiger partial charge in [-0.25, -0.2) is 9.78 Å². The third kappa shape index (κ3) is 3.32. The molecule has 1 aromatic heterocycles. The van der Waals surface area contributed by atoms with Gasteiger partial charge in [0.25, 0.3) is 0 Å². The summed E-state index contributed by atoms with van der Waals surface area (Å²) in [5.41, 5.74) is 1.17. The van der Waals surface area contributed by atoms with E-state index in [0.29, 0.717) is 12.4 Å². The molecule has 0 aliphatic heterocycles. The molecular weight excluding hydrogens is 308 g/mol. The van der Waals surface area contributed by atoms with Gasteiger partial charge < -0.3 is 10.0 Å². The number of carboxylic acid groups (broad SMARTS) is 1. The lowest BCUT2D eigenvalue weighted by Gasteiger charge is -2.19. The third-order valence-corrected chi connectivity index (χ3v) is 3.48. The van der Waals surface area contributed by atoms with Crippen molar-refractivity contribution in [2.75, 3.05) is 11.9 Å². The summed E-state index contributed by atoms with van der Waals surface area (Å²) in [6.45, 7) is 0.650. The second-order valence-corrected chi connectivity index (χ2v) is 4.99. The van der Waals surface area contributed by atoms with Crippen molar-refractivity contribution in [1.29, 1.82) is 0 Å². The number of hydrogen-bond acceptors (Lipinski definition) is 3. The molecule has 2 aromatic rings. The number of pyridine rings is 1. The summed E-state index contributed by atoms with van der Waals surface area (Å²) in [5.74, 6) is -0.383. The number of hydrogen-bond donors (Lipinski definition) is 1.